The molecule has 0 aliphatic heterocycles. The fraction of sp³-hybridized carbons (Fsp3) is 0. The van der Waals surface area contributed by atoms with Crippen molar-refractivity contribution in [1.82, 2.24) is 0 Å². The van der Waals surface area contributed by atoms with Crippen molar-refractivity contribution in [2.24, 2.45) is 0 Å². The molecule has 0 fully saturated rings. The molecule has 2 heterocycles. The van der Waals surface area contributed by atoms with Crippen LogP contribution in [0.2, 0.25) is 10.0 Å². The molecule has 0 aliphatic rings. The molecule has 0 N–H and O–H groups in total. The zero-order chi connectivity index (χ0) is 9.26. The number of thiophene rings is 2. The summed E-state index contributed by atoms with van der Waals surface area (Å²) in [6.07, 6.45) is 0. The van der Waals surface area contributed by atoms with E-state index in [2.05, 4.69) is 10.8 Å². The van der Waals surface area contributed by atoms with E-state index in [4.69, 9.17) is 23.2 Å². The van der Waals surface area contributed by atoms with E-state index >= 15 is 0 Å². The molecule has 0 amide bonds. The first kappa shape index (κ1) is 10.2. The van der Waals surface area contributed by atoms with Gasteiger partial charge < -0.3 is 0 Å². The van der Waals surface area contributed by atoms with E-state index in [1.165, 1.54) is 7.14 Å². The van der Waals surface area contributed by atoms with Crippen LogP contribution in [0.25, 0.3) is 0 Å². The maximum Gasteiger partial charge on any atom is 0.363 e. The predicted molar refractivity (Wildman–Crippen MR) is 56.1 cm³/mol. The second kappa shape index (κ2) is 4.49. The second-order valence-electron chi connectivity index (χ2n) is 2.23. The Bertz CT molecular complexity index is 369. The van der Waals surface area contributed by atoms with E-state index < -0.39 is 0 Å². The van der Waals surface area contributed by atoms with E-state index in [-0.39, 0.29) is 21.2 Å². The lowest BCUT2D eigenvalue weighted by Gasteiger charge is -1.79. The van der Waals surface area contributed by atoms with Crippen LogP contribution >= 0.6 is 45.9 Å². The zero-order valence-corrected chi connectivity index (χ0v) is 11.6. The highest BCUT2D eigenvalue weighted by atomic mass is 127. The van der Waals surface area contributed by atoms with Gasteiger partial charge in [0.15, 0.2) is 0 Å². The topological polar surface area (TPSA) is 0 Å². The molecular formula is C8H4Cl2IS2+. The minimum atomic E-state index is -0.183. The van der Waals surface area contributed by atoms with Crippen molar-refractivity contribution >= 4 is 45.9 Å². The minimum absolute atomic E-state index is 0.183. The highest BCUT2D eigenvalue weighted by Gasteiger charge is 2.23. The highest BCUT2D eigenvalue weighted by molar-refractivity contribution is 7.08. The Labute approximate surface area is 105 Å². The molecule has 0 atom stereocenters. The summed E-state index contributed by atoms with van der Waals surface area (Å²) >= 11 is 15.1. The molecule has 13 heavy (non-hydrogen) atoms. The van der Waals surface area contributed by atoms with Crippen LogP contribution in [0.3, 0.4) is 0 Å². The lowest BCUT2D eigenvalue weighted by atomic mass is 10.7. The van der Waals surface area contributed by atoms with E-state index in [0.29, 0.717) is 0 Å². The van der Waals surface area contributed by atoms with Crippen molar-refractivity contribution in [1.29, 1.82) is 0 Å². The van der Waals surface area contributed by atoms with Gasteiger partial charge in [0, 0.05) is 21.5 Å². The average Bonchev–Trinajstić information content (AvgIpc) is 2.65. The molecule has 0 aromatic carbocycles. The van der Waals surface area contributed by atoms with Gasteiger partial charge in [-0.15, -0.1) is 22.7 Å². The van der Waals surface area contributed by atoms with Crippen LogP contribution in [0.5, 0.6) is 0 Å². The second-order valence-corrected chi connectivity index (χ2v) is 7.40. The first-order valence-corrected chi connectivity index (χ1v) is 8.15. The Kier molecular flexibility index (Phi) is 3.53. The molecule has 2 aromatic heterocycles. The molecule has 5 heteroatoms. The normalized spacial score (nSPS) is 10.6. The van der Waals surface area contributed by atoms with Gasteiger partial charge in [0.2, 0.25) is 7.14 Å². The number of rotatable bonds is 2. The first-order valence-electron chi connectivity index (χ1n) is 3.35. The van der Waals surface area contributed by atoms with E-state index in [1.54, 1.807) is 22.7 Å². The van der Waals surface area contributed by atoms with E-state index in [1.807, 2.05) is 10.8 Å². The largest absolute Gasteiger partial charge is 0.363 e. The lowest BCUT2D eigenvalue weighted by molar-refractivity contribution is -0.596. The zero-order valence-electron chi connectivity index (χ0n) is 6.26. The molecule has 0 aliphatic carbocycles. The molecule has 68 valence electrons. The van der Waals surface area contributed by atoms with E-state index in [0.717, 1.165) is 10.0 Å². The van der Waals surface area contributed by atoms with Gasteiger partial charge in [-0.25, -0.2) is 0 Å². The standard InChI is InChI=1S/C8H4Cl2IS2/c9-5-1-12-3-7(5)11-8-4-13-2-6(8)10/h1-4H/q+1. The van der Waals surface area contributed by atoms with Gasteiger partial charge in [0.05, 0.1) is 0 Å². The fourth-order valence-electron chi connectivity index (χ4n) is 0.777. The average molecular weight is 362 g/mol. The summed E-state index contributed by atoms with van der Waals surface area (Å²) in [4.78, 5) is 0. The molecular weight excluding hydrogens is 358 g/mol. The summed E-state index contributed by atoms with van der Waals surface area (Å²) in [5.41, 5.74) is 0. The van der Waals surface area contributed by atoms with Crippen LogP contribution in [0.4, 0.5) is 0 Å². The summed E-state index contributed by atoms with van der Waals surface area (Å²) in [5.74, 6) is 0. The highest BCUT2D eigenvalue weighted by Crippen LogP contribution is 2.14. The van der Waals surface area contributed by atoms with Crippen molar-refractivity contribution < 1.29 is 21.2 Å². The Morgan fingerprint density at radius 2 is 1.31 bits per heavy atom. The van der Waals surface area contributed by atoms with Crippen LogP contribution in [-0.2, 0) is 0 Å². The SMILES string of the molecule is Clc1cscc1[I+]c1cscc1Cl. The third-order valence-corrected chi connectivity index (χ3v) is 8.15. The van der Waals surface area contributed by atoms with Gasteiger partial charge >= 0.3 is 21.2 Å². The predicted octanol–water partition coefficient (Wildman–Crippen LogP) is 1.24. The monoisotopic (exact) mass is 361 g/mol. The minimum Gasteiger partial charge on any atom is -0.146 e. The van der Waals surface area contributed by atoms with Crippen molar-refractivity contribution in [2.75, 3.05) is 0 Å². The van der Waals surface area contributed by atoms with Gasteiger partial charge in [-0.2, -0.15) is 0 Å². The molecule has 0 nitrogen and oxygen atoms in total. The molecule has 0 unspecified atom stereocenters. The van der Waals surface area contributed by atoms with Crippen molar-refractivity contribution in [3.63, 3.8) is 0 Å². The van der Waals surface area contributed by atoms with Crippen LogP contribution in [-0.4, -0.2) is 0 Å². The molecule has 2 rings (SSSR count). The number of hydrogen-bond acceptors (Lipinski definition) is 2. The summed E-state index contributed by atoms with van der Waals surface area (Å²) in [6.45, 7) is 0. The quantitative estimate of drug-likeness (QED) is 0.706. The maximum atomic E-state index is 6.01. The Morgan fingerprint density at radius 1 is 0.846 bits per heavy atom. The van der Waals surface area contributed by atoms with Gasteiger partial charge in [-0.1, -0.05) is 23.2 Å². The third kappa shape index (κ3) is 2.39. The van der Waals surface area contributed by atoms with Crippen molar-refractivity contribution in [3.05, 3.63) is 38.7 Å². The molecule has 0 saturated carbocycles. The Hall–Kier alpha value is 0.710. The van der Waals surface area contributed by atoms with Crippen LogP contribution in [0.1, 0.15) is 0 Å². The molecule has 0 bridgehead atoms. The van der Waals surface area contributed by atoms with Gasteiger partial charge in [0.25, 0.3) is 0 Å². The Morgan fingerprint density at radius 3 is 1.62 bits per heavy atom. The third-order valence-electron chi connectivity index (χ3n) is 1.35. The fourth-order valence-corrected chi connectivity index (χ4v) is 6.53. The van der Waals surface area contributed by atoms with Crippen LogP contribution in [0, 0.1) is 7.14 Å². The number of hydrogen-bond donors (Lipinski definition) is 0. The van der Waals surface area contributed by atoms with Crippen molar-refractivity contribution in [3.8, 4) is 0 Å². The van der Waals surface area contributed by atoms with Crippen LogP contribution < -0.4 is 21.2 Å². The smallest absolute Gasteiger partial charge is 0.146 e. The van der Waals surface area contributed by atoms with Gasteiger partial charge in [0.1, 0.15) is 10.0 Å². The maximum absolute atomic E-state index is 6.01. The Balaban J connectivity index is 2.24. The molecule has 0 saturated heterocycles. The summed E-state index contributed by atoms with van der Waals surface area (Å²) in [5, 5.41) is 9.95. The lowest BCUT2D eigenvalue weighted by Crippen LogP contribution is -3.61. The molecule has 0 radical (unpaired) electrons. The van der Waals surface area contributed by atoms with Gasteiger partial charge in [-0.05, 0) is 0 Å². The first-order chi connectivity index (χ1) is 6.27. The van der Waals surface area contributed by atoms with Crippen molar-refractivity contribution in [2.45, 2.75) is 0 Å². The molecule has 2 aromatic rings. The van der Waals surface area contributed by atoms with Gasteiger partial charge in [-0.3, -0.25) is 0 Å². The van der Waals surface area contributed by atoms with Crippen LogP contribution in [0.15, 0.2) is 21.5 Å². The number of halogens is 3. The summed E-state index contributed by atoms with van der Waals surface area (Å²) < 4.78 is 2.54. The van der Waals surface area contributed by atoms with E-state index in [9.17, 15) is 0 Å². The molecule has 0 spiro atoms. The summed E-state index contributed by atoms with van der Waals surface area (Å²) in [6, 6.07) is 0. The summed E-state index contributed by atoms with van der Waals surface area (Å²) in [7, 11) is 0.